The Kier molecular flexibility index (Phi) is 3.94. The van der Waals surface area contributed by atoms with Gasteiger partial charge in [0.15, 0.2) is 0 Å². The molecule has 0 aliphatic rings. The molecule has 0 amide bonds. The molecule has 1 heterocycles. The SMILES string of the molecule is Nc1nc(Cl)cnc1C(O)C(O)CS. The Morgan fingerprint density at radius 3 is 2.71 bits per heavy atom. The van der Waals surface area contributed by atoms with Crippen LogP contribution >= 0.6 is 24.2 Å². The second kappa shape index (κ2) is 4.79. The molecule has 0 bridgehead atoms. The topological polar surface area (TPSA) is 92.3 Å². The molecule has 7 heteroatoms. The van der Waals surface area contributed by atoms with Crippen LogP contribution in [-0.2, 0) is 0 Å². The summed E-state index contributed by atoms with van der Waals surface area (Å²) in [5.74, 6) is 0.107. The third kappa shape index (κ3) is 2.48. The molecule has 4 N–H and O–H groups in total. The van der Waals surface area contributed by atoms with Crippen molar-refractivity contribution in [3.8, 4) is 0 Å². The van der Waals surface area contributed by atoms with Crippen LogP contribution in [0, 0.1) is 0 Å². The molecule has 0 radical (unpaired) electrons. The van der Waals surface area contributed by atoms with Crippen LogP contribution < -0.4 is 5.73 Å². The quantitative estimate of drug-likeness (QED) is 0.555. The number of hydrogen-bond acceptors (Lipinski definition) is 6. The minimum absolute atomic E-state index is 0.00540. The van der Waals surface area contributed by atoms with Gasteiger partial charge in [0.2, 0.25) is 0 Å². The Morgan fingerprint density at radius 2 is 2.21 bits per heavy atom. The Balaban J connectivity index is 2.95. The first-order valence-corrected chi connectivity index (χ1v) is 4.82. The lowest BCUT2D eigenvalue weighted by atomic mass is 10.1. The van der Waals surface area contributed by atoms with Crippen LogP contribution in [0.1, 0.15) is 11.8 Å². The first-order valence-electron chi connectivity index (χ1n) is 3.81. The van der Waals surface area contributed by atoms with Gasteiger partial charge >= 0.3 is 0 Å². The highest BCUT2D eigenvalue weighted by Crippen LogP contribution is 2.21. The summed E-state index contributed by atoms with van der Waals surface area (Å²) in [5.41, 5.74) is 5.57. The Hall–Kier alpha value is -0.560. The average Bonchev–Trinajstić information content (AvgIpc) is 2.15. The molecule has 0 spiro atoms. The second-order valence-electron chi connectivity index (χ2n) is 2.66. The molecule has 1 aromatic heterocycles. The fourth-order valence-electron chi connectivity index (χ4n) is 0.900. The number of halogens is 1. The minimum atomic E-state index is -1.20. The molecule has 5 nitrogen and oxygen atoms in total. The predicted octanol–water partition coefficient (Wildman–Crippen LogP) is 0.0363. The fraction of sp³-hybridized carbons (Fsp3) is 0.429. The molecule has 0 saturated heterocycles. The third-order valence-electron chi connectivity index (χ3n) is 1.63. The van der Waals surface area contributed by atoms with E-state index in [1.165, 1.54) is 6.20 Å². The monoisotopic (exact) mass is 235 g/mol. The third-order valence-corrected chi connectivity index (χ3v) is 2.19. The summed E-state index contributed by atoms with van der Waals surface area (Å²) in [6, 6.07) is 0. The zero-order chi connectivity index (χ0) is 10.7. The number of rotatable bonds is 3. The lowest BCUT2D eigenvalue weighted by molar-refractivity contribution is 0.0313. The number of nitrogens with two attached hydrogens (primary N) is 1. The van der Waals surface area contributed by atoms with Crippen LogP contribution in [0.5, 0.6) is 0 Å². The van der Waals surface area contributed by atoms with Crippen molar-refractivity contribution in [2.24, 2.45) is 0 Å². The van der Waals surface area contributed by atoms with Crippen LogP contribution in [0.25, 0.3) is 0 Å². The predicted molar refractivity (Wildman–Crippen MR) is 56.3 cm³/mol. The largest absolute Gasteiger partial charge is 0.389 e. The molecule has 2 unspecified atom stereocenters. The minimum Gasteiger partial charge on any atom is -0.389 e. The Morgan fingerprint density at radius 1 is 1.57 bits per heavy atom. The van der Waals surface area contributed by atoms with Gasteiger partial charge < -0.3 is 15.9 Å². The highest BCUT2D eigenvalue weighted by atomic mass is 35.5. The van der Waals surface area contributed by atoms with Crippen LogP contribution in [-0.4, -0.2) is 32.0 Å². The van der Waals surface area contributed by atoms with Gasteiger partial charge in [0.25, 0.3) is 0 Å². The first kappa shape index (κ1) is 11.5. The van der Waals surface area contributed by atoms with E-state index in [2.05, 4.69) is 22.6 Å². The van der Waals surface area contributed by atoms with Crippen LogP contribution in [0.2, 0.25) is 5.15 Å². The van der Waals surface area contributed by atoms with E-state index >= 15 is 0 Å². The van der Waals surface area contributed by atoms with Crippen molar-refractivity contribution in [1.29, 1.82) is 0 Å². The summed E-state index contributed by atoms with van der Waals surface area (Å²) in [7, 11) is 0. The van der Waals surface area contributed by atoms with Crippen LogP contribution in [0.3, 0.4) is 0 Å². The van der Waals surface area contributed by atoms with E-state index in [1.807, 2.05) is 0 Å². The molecular formula is C7H10ClN3O2S. The zero-order valence-corrected chi connectivity index (χ0v) is 8.78. The van der Waals surface area contributed by atoms with Crippen molar-refractivity contribution in [2.75, 3.05) is 11.5 Å². The summed E-state index contributed by atoms with van der Waals surface area (Å²) in [5, 5.41) is 19.0. The van der Waals surface area contributed by atoms with Crippen molar-refractivity contribution in [2.45, 2.75) is 12.2 Å². The standard InChI is InChI=1S/C7H10ClN3O2S/c8-4-1-10-5(7(9)11-4)6(13)3(12)2-14/h1,3,6,12-14H,2H2,(H2,9,11). The van der Waals surface area contributed by atoms with Gasteiger partial charge in [-0.1, -0.05) is 11.6 Å². The molecule has 0 saturated carbocycles. The van der Waals surface area contributed by atoms with Crippen LogP contribution in [0.4, 0.5) is 5.82 Å². The molecule has 14 heavy (non-hydrogen) atoms. The van der Waals surface area contributed by atoms with Gasteiger partial charge in [-0.2, -0.15) is 12.6 Å². The summed E-state index contributed by atoms with van der Waals surface area (Å²) >= 11 is 9.36. The summed E-state index contributed by atoms with van der Waals surface area (Å²) in [4.78, 5) is 7.48. The highest BCUT2D eigenvalue weighted by Gasteiger charge is 2.21. The van der Waals surface area contributed by atoms with E-state index < -0.39 is 12.2 Å². The Bertz CT molecular complexity index is 326. The summed E-state index contributed by atoms with van der Waals surface area (Å²) in [6.45, 7) is 0. The smallest absolute Gasteiger partial charge is 0.149 e. The first-order chi connectivity index (χ1) is 6.56. The maximum absolute atomic E-state index is 9.54. The molecule has 2 atom stereocenters. The fourth-order valence-corrected chi connectivity index (χ4v) is 1.24. The van der Waals surface area contributed by atoms with E-state index in [9.17, 15) is 10.2 Å². The molecular weight excluding hydrogens is 226 g/mol. The Labute approximate surface area is 91.4 Å². The van der Waals surface area contributed by atoms with Gasteiger partial charge in [0, 0.05) is 5.75 Å². The van der Waals surface area contributed by atoms with Crippen molar-refractivity contribution >= 4 is 30.0 Å². The van der Waals surface area contributed by atoms with Gasteiger partial charge in [0.05, 0.1) is 12.3 Å². The summed E-state index contributed by atoms with van der Waals surface area (Å²) in [6.07, 6.45) is -0.977. The van der Waals surface area contributed by atoms with Gasteiger partial charge in [-0.15, -0.1) is 0 Å². The van der Waals surface area contributed by atoms with Crippen molar-refractivity contribution in [3.05, 3.63) is 17.0 Å². The highest BCUT2D eigenvalue weighted by molar-refractivity contribution is 7.80. The molecule has 0 aromatic carbocycles. The molecule has 1 aromatic rings. The number of thiol groups is 1. The molecule has 1 rings (SSSR count). The zero-order valence-electron chi connectivity index (χ0n) is 7.13. The second-order valence-corrected chi connectivity index (χ2v) is 3.41. The number of nitrogens with zero attached hydrogens (tertiary/aromatic N) is 2. The van der Waals surface area contributed by atoms with Crippen molar-refractivity contribution < 1.29 is 10.2 Å². The number of anilines is 1. The summed E-state index contributed by atoms with van der Waals surface area (Å²) < 4.78 is 0. The molecule has 0 aliphatic heterocycles. The van der Waals surface area contributed by atoms with E-state index in [-0.39, 0.29) is 22.4 Å². The van der Waals surface area contributed by atoms with E-state index in [4.69, 9.17) is 17.3 Å². The maximum Gasteiger partial charge on any atom is 0.149 e. The normalized spacial score (nSPS) is 15.1. The average molecular weight is 236 g/mol. The lowest BCUT2D eigenvalue weighted by Gasteiger charge is -2.15. The molecule has 78 valence electrons. The number of hydrogen-bond donors (Lipinski definition) is 4. The van der Waals surface area contributed by atoms with E-state index in [0.717, 1.165) is 0 Å². The number of aromatic nitrogens is 2. The molecule has 0 fully saturated rings. The van der Waals surface area contributed by atoms with Gasteiger partial charge in [0.1, 0.15) is 22.8 Å². The van der Waals surface area contributed by atoms with Gasteiger partial charge in [-0.25, -0.2) is 4.98 Å². The van der Waals surface area contributed by atoms with Gasteiger partial charge in [-0.05, 0) is 0 Å². The van der Waals surface area contributed by atoms with Crippen LogP contribution in [0.15, 0.2) is 6.20 Å². The molecule has 0 aliphatic carbocycles. The van der Waals surface area contributed by atoms with E-state index in [1.54, 1.807) is 0 Å². The number of aliphatic hydroxyl groups excluding tert-OH is 2. The number of nitrogen functional groups attached to an aromatic ring is 1. The number of aliphatic hydroxyl groups is 2. The van der Waals surface area contributed by atoms with Crippen molar-refractivity contribution in [1.82, 2.24) is 9.97 Å². The maximum atomic E-state index is 9.54. The van der Waals surface area contributed by atoms with Gasteiger partial charge in [-0.3, -0.25) is 4.98 Å². The lowest BCUT2D eigenvalue weighted by Crippen LogP contribution is -2.22. The van der Waals surface area contributed by atoms with E-state index in [0.29, 0.717) is 0 Å². The van der Waals surface area contributed by atoms with Crippen molar-refractivity contribution in [3.63, 3.8) is 0 Å².